The second kappa shape index (κ2) is 6.87. The van der Waals surface area contributed by atoms with Crippen LogP contribution in [-0.2, 0) is 11.2 Å². The number of piperidine rings is 1. The third-order valence-corrected chi connectivity index (χ3v) is 5.66. The summed E-state index contributed by atoms with van der Waals surface area (Å²) in [4.78, 5) is 17.4. The molecular weight excluding hydrogens is 322 g/mol. The van der Waals surface area contributed by atoms with E-state index in [0.717, 1.165) is 57.0 Å². The second-order valence-corrected chi connectivity index (χ2v) is 7.45. The zero-order valence-electron chi connectivity index (χ0n) is 14.4. The van der Waals surface area contributed by atoms with Gasteiger partial charge in [-0.15, -0.1) is 0 Å². The van der Waals surface area contributed by atoms with Gasteiger partial charge >= 0.3 is 0 Å². The van der Waals surface area contributed by atoms with Crippen molar-refractivity contribution in [2.45, 2.75) is 38.1 Å². The van der Waals surface area contributed by atoms with E-state index in [0.29, 0.717) is 24.4 Å². The summed E-state index contributed by atoms with van der Waals surface area (Å²) in [5, 5.41) is 0. The number of amides is 1. The smallest absolute Gasteiger partial charge is 0.250 e. The molecule has 2 heterocycles. The Morgan fingerprint density at radius 3 is 2.88 bits per heavy atom. The monoisotopic (exact) mass is 346 g/mol. The minimum absolute atomic E-state index is 0.117. The minimum Gasteiger partial charge on any atom is -0.336 e. The van der Waals surface area contributed by atoms with Gasteiger partial charge in [0.25, 0.3) is 0 Å². The number of nitrogens with zero attached hydrogens (tertiary/aromatic N) is 2. The van der Waals surface area contributed by atoms with Gasteiger partial charge in [0.05, 0.1) is 0 Å². The van der Waals surface area contributed by atoms with E-state index in [-0.39, 0.29) is 11.9 Å². The fourth-order valence-electron chi connectivity index (χ4n) is 4.12. The highest BCUT2D eigenvalue weighted by Gasteiger charge is 2.37. The number of rotatable bonds is 5. The van der Waals surface area contributed by atoms with Crippen LogP contribution >= 0.6 is 0 Å². The molecule has 1 aromatic carbocycles. The zero-order chi connectivity index (χ0) is 17.4. The van der Waals surface area contributed by atoms with Gasteiger partial charge in [-0.05, 0) is 50.3 Å². The third-order valence-electron chi connectivity index (χ3n) is 5.66. The zero-order valence-corrected chi connectivity index (χ0v) is 14.4. The van der Waals surface area contributed by atoms with Gasteiger partial charge in [-0.2, -0.15) is 0 Å². The first-order valence-corrected chi connectivity index (χ1v) is 9.29. The van der Waals surface area contributed by atoms with Crippen LogP contribution < -0.4 is 0 Å². The van der Waals surface area contributed by atoms with Gasteiger partial charge < -0.3 is 4.90 Å². The molecule has 3 nitrogen and oxygen atoms in total. The Balaban J connectivity index is 1.48. The number of hydrogen-bond acceptors (Lipinski definition) is 2. The van der Waals surface area contributed by atoms with Crippen molar-refractivity contribution in [2.24, 2.45) is 5.92 Å². The van der Waals surface area contributed by atoms with E-state index in [1.165, 1.54) is 6.07 Å². The Labute approximate surface area is 147 Å². The molecule has 2 aliphatic heterocycles. The lowest BCUT2D eigenvalue weighted by atomic mass is 9.86. The summed E-state index contributed by atoms with van der Waals surface area (Å²) in [7, 11) is 0. The summed E-state index contributed by atoms with van der Waals surface area (Å²) in [6.45, 7) is 3.42. The Hall–Kier alpha value is -1.75. The molecule has 2 bridgehead atoms. The minimum atomic E-state index is -0.820. The van der Waals surface area contributed by atoms with E-state index in [4.69, 9.17) is 0 Å². The highest BCUT2D eigenvalue weighted by Crippen LogP contribution is 2.33. The Kier molecular flexibility index (Phi) is 4.59. The standard InChI is InChI=1S/C20H24F2N2O/c21-18-5-1-3-14(19(18)22)8-12-24(16-6-7-16)20(25)17-9-11-23-10-2-4-15(17)13-23/h1,3,5,9,15-16H,2,4,6-8,10-13H2. The fraction of sp³-hybridized carbons (Fsp3) is 0.550. The summed E-state index contributed by atoms with van der Waals surface area (Å²) in [6, 6.07) is 4.53. The van der Waals surface area contributed by atoms with Gasteiger partial charge in [0.2, 0.25) is 5.91 Å². The summed E-state index contributed by atoms with van der Waals surface area (Å²) in [6.07, 6.45) is 6.70. The molecule has 0 N–H and O–H groups in total. The molecule has 2 unspecified atom stereocenters. The molecule has 3 aliphatic rings. The summed E-state index contributed by atoms with van der Waals surface area (Å²) >= 11 is 0. The largest absolute Gasteiger partial charge is 0.336 e. The SMILES string of the molecule is O=C(C1=CCN2CCCC1C2)N(CCc1cccc(F)c1F)C1CC1. The van der Waals surface area contributed by atoms with Crippen LogP contribution in [0.15, 0.2) is 29.8 Å². The topological polar surface area (TPSA) is 23.6 Å². The molecule has 1 saturated carbocycles. The van der Waals surface area contributed by atoms with Crippen molar-refractivity contribution in [1.82, 2.24) is 9.80 Å². The van der Waals surface area contributed by atoms with Crippen LogP contribution in [0.2, 0.25) is 0 Å². The first-order chi connectivity index (χ1) is 12.1. The van der Waals surface area contributed by atoms with Crippen LogP contribution in [-0.4, -0.2) is 47.9 Å². The highest BCUT2D eigenvalue weighted by atomic mass is 19.2. The van der Waals surface area contributed by atoms with Gasteiger partial charge in [-0.25, -0.2) is 8.78 Å². The van der Waals surface area contributed by atoms with Gasteiger partial charge in [0, 0.05) is 37.2 Å². The Morgan fingerprint density at radius 1 is 1.24 bits per heavy atom. The van der Waals surface area contributed by atoms with Gasteiger partial charge in [-0.1, -0.05) is 18.2 Å². The number of carbonyl (C=O) groups is 1. The maximum absolute atomic E-state index is 13.9. The molecule has 1 aromatic rings. The molecule has 0 aromatic heterocycles. The van der Waals surface area contributed by atoms with E-state index in [1.807, 2.05) is 4.90 Å². The average Bonchev–Trinajstić information content (AvgIpc) is 3.44. The average molecular weight is 346 g/mol. The number of hydrogen-bond donors (Lipinski definition) is 0. The first kappa shape index (κ1) is 16.7. The predicted molar refractivity (Wildman–Crippen MR) is 92.0 cm³/mol. The molecule has 25 heavy (non-hydrogen) atoms. The summed E-state index contributed by atoms with van der Waals surface area (Å²) in [5.41, 5.74) is 1.29. The van der Waals surface area contributed by atoms with Gasteiger partial charge in [-0.3, -0.25) is 9.69 Å². The molecule has 4 rings (SSSR count). The van der Waals surface area contributed by atoms with Crippen molar-refractivity contribution in [3.05, 3.63) is 47.0 Å². The second-order valence-electron chi connectivity index (χ2n) is 7.45. The van der Waals surface area contributed by atoms with Gasteiger partial charge in [0.1, 0.15) is 0 Å². The highest BCUT2D eigenvalue weighted by molar-refractivity contribution is 5.94. The van der Waals surface area contributed by atoms with E-state index >= 15 is 0 Å². The molecule has 1 amide bonds. The molecule has 1 aliphatic carbocycles. The fourth-order valence-corrected chi connectivity index (χ4v) is 4.12. The number of carbonyl (C=O) groups excluding carboxylic acids is 1. The lowest BCUT2D eigenvalue weighted by molar-refractivity contribution is -0.128. The molecule has 5 heteroatoms. The lowest BCUT2D eigenvalue weighted by Crippen LogP contribution is -2.45. The summed E-state index contributed by atoms with van der Waals surface area (Å²) in [5.74, 6) is -1.15. The maximum atomic E-state index is 13.9. The van der Waals surface area contributed by atoms with Crippen molar-refractivity contribution in [2.75, 3.05) is 26.2 Å². The molecule has 2 fully saturated rings. The predicted octanol–water partition coefficient (Wildman–Crippen LogP) is 3.15. The van der Waals surface area contributed by atoms with Crippen LogP contribution in [0.25, 0.3) is 0 Å². The van der Waals surface area contributed by atoms with E-state index in [2.05, 4.69) is 11.0 Å². The molecule has 0 radical (unpaired) electrons. The van der Waals surface area contributed by atoms with Crippen molar-refractivity contribution >= 4 is 5.91 Å². The lowest BCUT2D eigenvalue weighted by Gasteiger charge is -2.38. The quantitative estimate of drug-likeness (QED) is 0.818. The van der Waals surface area contributed by atoms with E-state index in [1.54, 1.807) is 6.07 Å². The van der Waals surface area contributed by atoms with Crippen LogP contribution in [0.4, 0.5) is 8.78 Å². The molecule has 0 spiro atoms. The van der Waals surface area contributed by atoms with Crippen molar-refractivity contribution in [3.8, 4) is 0 Å². The first-order valence-electron chi connectivity index (χ1n) is 9.29. The van der Waals surface area contributed by atoms with Crippen LogP contribution in [0.5, 0.6) is 0 Å². The number of halogens is 2. The normalized spacial score (nSPS) is 25.4. The summed E-state index contributed by atoms with van der Waals surface area (Å²) < 4.78 is 27.3. The third kappa shape index (κ3) is 3.47. The van der Waals surface area contributed by atoms with Crippen LogP contribution in [0, 0.1) is 17.6 Å². The molecular formula is C20H24F2N2O. The van der Waals surface area contributed by atoms with Crippen molar-refractivity contribution < 1.29 is 13.6 Å². The number of fused-ring (bicyclic) bond motifs is 2. The van der Waals surface area contributed by atoms with Crippen molar-refractivity contribution in [1.29, 1.82) is 0 Å². The molecule has 134 valence electrons. The van der Waals surface area contributed by atoms with E-state index < -0.39 is 11.6 Å². The maximum Gasteiger partial charge on any atom is 0.250 e. The van der Waals surface area contributed by atoms with Gasteiger partial charge in [0.15, 0.2) is 11.6 Å². The molecule has 2 atom stereocenters. The Morgan fingerprint density at radius 2 is 2.08 bits per heavy atom. The van der Waals surface area contributed by atoms with Crippen molar-refractivity contribution in [3.63, 3.8) is 0 Å². The molecule has 1 saturated heterocycles. The number of benzene rings is 1. The van der Waals surface area contributed by atoms with Crippen LogP contribution in [0.1, 0.15) is 31.2 Å². The van der Waals surface area contributed by atoms with Crippen LogP contribution in [0.3, 0.4) is 0 Å². The van der Waals surface area contributed by atoms with E-state index in [9.17, 15) is 13.6 Å². The Bertz CT molecular complexity index is 699.